The third-order valence-corrected chi connectivity index (χ3v) is 2.09. The van der Waals surface area contributed by atoms with Crippen molar-refractivity contribution in [2.24, 2.45) is 0 Å². The molecule has 1 heterocycles. The molecule has 0 N–H and O–H groups in total. The highest BCUT2D eigenvalue weighted by molar-refractivity contribution is 5.90. The number of carbonyl (C=O) groups is 1. The molecule has 0 atom stereocenters. The van der Waals surface area contributed by atoms with E-state index in [4.69, 9.17) is 4.84 Å². The molecule has 0 unspecified atom stereocenters. The van der Waals surface area contributed by atoms with Crippen LogP contribution in [0.15, 0.2) is 18.3 Å². The molecule has 0 aromatic carbocycles. The highest BCUT2D eigenvalue weighted by atomic mass is 16.7. The van der Waals surface area contributed by atoms with Gasteiger partial charge in [0.05, 0.1) is 26.7 Å². The number of carbonyl (C=O) groups excluding carboxylic acids is 1. The minimum atomic E-state index is -0.334. The standard InChI is InChI=1S/C13H23N3O2/c1-15(2,3)10-12-11(8-7-9-14-12)13(17)18-16(4,5)6/h7-9H,10H2,1-6H3/q+2. The van der Waals surface area contributed by atoms with E-state index in [0.717, 1.165) is 5.69 Å². The van der Waals surface area contributed by atoms with E-state index in [1.54, 1.807) is 39.5 Å². The molecule has 1 aromatic heterocycles. The summed E-state index contributed by atoms with van der Waals surface area (Å²) in [5, 5.41) is 0. The fourth-order valence-corrected chi connectivity index (χ4v) is 1.50. The molecule has 1 aromatic rings. The van der Waals surface area contributed by atoms with Gasteiger partial charge < -0.3 is 4.48 Å². The zero-order chi connectivity index (χ0) is 14.0. The molecule has 0 aliphatic carbocycles. The van der Waals surface area contributed by atoms with Crippen LogP contribution < -0.4 is 0 Å². The zero-order valence-corrected chi connectivity index (χ0v) is 12.1. The van der Waals surface area contributed by atoms with E-state index in [9.17, 15) is 4.79 Å². The number of hydrogen-bond donors (Lipinski definition) is 0. The van der Waals surface area contributed by atoms with Gasteiger partial charge in [0.15, 0.2) is 0 Å². The number of hydroxylamine groups is 3. The van der Waals surface area contributed by atoms with Crippen molar-refractivity contribution in [3.8, 4) is 0 Å². The minimum Gasteiger partial charge on any atom is -0.326 e. The molecular weight excluding hydrogens is 230 g/mol. The van der Waals surface area contributed by atoms with Gasteiger partial charge in [0, 0.05) is 6.20 Å². The maximum atomic E-state index is 12.1. The topological polar surface area (TPSA) is 39.2 Å². The summed E-state index contributed by atoms with van der Waals surface area (Å²) in [6.45, 7) is 0.683. The Balaban J connectivity index is 2.99. The monoisotopic (exact) mass is 253 g/mol. The molecule has 0 aliphatic rings. The van der Waals surface area contributed by atoms with Crippen LogP contribution in [0.25, 0.3) is 0 Å². The first kappa shape index (κ1) is 14.6. The first-order valence-corrected chi connectivity index (χ1v) is 5.88. The maximum Gasteiger partial charge on any atom is 0.399 e. The van der Waals surface area contributed by atoms with Crippen molar-refractivity contribution >= 4 is 5.97 Å². The van der Waals surface area contributed by atoms with Crippen LogP contribution in [0.4, 0.5) is 0 Å². The van der Waals surface area contributed by atoms with E-state index in [-0.39, 0.29) is 10.6 Å². The van der Waals surface area contributed by atoms with Crippen molar-refractivity contribution in [2.45, 2.75) is 6.54 Å². The summed E-state index contributed by atoms with van der Waals surface area (Å²) in [7, 11) is 11.6. The fourth-order valence-electron chi connectivity index (χ4n) is 1.50. The first-order chi connectivity index (χ1) is 8.08. The van der Waals surface area contributed by atoms with Gasteiger partial charge in [-0.25, -0.2) is 4.79 Å². The van der Waals surface area contributed by atoms with Crippen molar-refractivity contribution in [2.75, 3.05) is 42.3 Å². The number of hydrogen-bond acceptors (Lipinski definition) is 3. The van der Waals surface area contributed by atoms with Crippen molar-refractivity contribution in [1.82, 2.24) is 4.98 Å². The molecule has 1 rings (SSSR count). The Morgan fingerprint density at radius 1 is 1.22 bits per heavy atom. The maximum absolute atomic E-state index is 12.1. The van der Waals surface area contributed by atoms with E-state index in [2.05, 4.69) is 26.1 Å². The molecule has 0 spiro atoms. The Kier molecular flexibility index (Phi) is 4.09. The molecule has 5 nitrogen and oxygen atoms in total. The summed E-state index contributed by atoms with van der Waals surface area (Å²) in [6.07, 6.45) is 1.70. The van der Waals surface area contributed by atoms with Crippen molar-refractivity contribution in [1.29, 1.82) is 0 Å². The third-order valence-electron chi connectivity index (χ3n) is 2.09. The van der Waals surface area contributed by atoms with E-state index < -0.39 is 0 Å². The van der Waals surface area contributed by atoms with Gasteiger partial charge in [-0.05, 0) is 12.1 Å². The zero-order valence-electron chi connectivity index (χ0n) is 12.1. The lowest BCUT2D eigenvalue weighted by Crippen LogP contribution is -2.38. The number of nitrogens with zero attached hydrogens (tertiary/aromatic N) is 3. The smallest absolute Gasteiger partial charge is 0.326 e. The highest BCUT2D eigenvalue weighted by Gasteiger charge is 2.23. The lowest BCUT2D eigenvalue weighted by atomic mass is 10.2. The highest BCUT2D eigenvalue weighted by Crippen LogP contribution is 2.13. The Labute approximate surface area is 109 Å². The van der Waals surface area contributed by atoms with Crippen molar-refractivity contribution in [3.05, 3.63) is 29.6 Å². The Morgan fingerprint density at radius 3 is 2.33 bits per heavy atom. The van der Waals surface area contributed by atoms with Gasteiger partial charge in [-0.15, -0.1) is 4.65 Å². The van der Waals surface area contributed by atoms with Crippen LogP contribution in [0.1, 0.15) is 16.1 Å². The summed E-state index contributed by atoms with van der Waals surface area (Å²) in [4.78, 5) is 21.7. The molecule has 0 radical (unpaired) electrons. The normalized spacial score (nSPS) is 12.3. The van der Waals surface area contributed by atoms with Crippen LogP contribution in [0.2, 0.25) is 0 Å². The van der Waals surface area contributed by atoms with Crippen molar-refractivity contribution < 1.29 is 18.8 Å². The Hall–Kier alpha value is -1.46. The SMILES string of the molecule is C[N+](C)(C)Cc1ncccc1C(=O)O[N+](C)(C)C. The van der Waals surface area contributed by atoms with Gasteiger partial charge in [0.1, 0.15) is 33.4 Å². The molecule has 5 heteroatoms. The molecule has 0 saturated carbocycles. The molecule has 0 amide bonds. The minimum absolute atomic E-state index is 0.136. The van der Waals surface area contributed by atoms with Crippen molar-refractivity contribution in [3.63, 3.8) is 0 Å². The Morgan fingerprint density at radius 2 is 1.83 bits per heavy atom. The lowest BCUT2D eigenvalue weighted by molar-refractivity contribution is -1.04. The van der Waals surface area contributed by atoms with Gasteiger partial charge in [0.2, 0.25) is 0 Å². The number of rotatable bonds is 4. The second kappa shape index (κ2) is 5.04. The predicted octanol–water partition coefficient (Wildman–Crippen LogP) is 1.07. The van der Waals surface area contributed by atoms with Gasteiger partial charge in [-0.3, -0.25) is 9.82 Å². The largest absolute Gasteiger partial charge is 0.399 e. The summed E-state index contributed by atoms with van der Waals surface area (Å²) >= 11 is 0. The van der Waals surface area contributed by atoms with Gasteiger partial charge in [-0.2, -0.15) is 0 Å². The summed E-state index contributed by atoms with van der Waals surface area (Å²) in [6, 6.07) is 3.52. The second-order valence-corrected chi connectivity index (χ2v) is 6.21. The summed E-state index contributed by atoms with van der Waals surface area (Å²) in [5.41, 5.74) is 1.31. The number of pyridine rings is 1. The predicted molar refractivity (Wildman–Crippen MR) is 69.4 cm³/mol. The average Bonchev–Trinajstić information content (AvgIpc) is 2.12. The van der Waals surface area contributed by atoms with Crippen LogP contribution >= 0.6 is 0 Å². The van der Waals surface area contributed by atoms with Gasteiger partial charge >= 0.3 is 5.97 Å². The fraction of sp³-hybridized carbons (Fsp3) is 0.538. The van der Waals surface area contributed by atoms with E-state index in [1.807, 2.05) is 0 Å². The summed E-state index contributed by atoms with van der Waals surface area (Å²) in [5.74, 6) is -0.334. The van der Waals surface area contributed by atoms with E-state index in [0.29, 0.717) is 16.6 Å². The quantitative estimate of drug-likeness (QED) is 0.595. The lowest BCUT2D eigenvalue weighted by Gasteiger charge is -2.25. The van der Waals surface area contributed by atoms with Gasteiger partial charge in [0.25, 0.3) is 0 Å². The molecule has 18 heavy (non-hydrogen) atoms. The molecule has 0 aliphatic heterocycles. The average molecular weight is 253 g/mol. The Bertz CT molecular complexity index is 431. The first-order valence-electron chi connectivity index (χ1n) is 5.88. The van der Waals surface area contributed by atoms with Crippen LogP contribution in [0.3, 0.4) is 0 Å². The van der Waals surface area contributed by atoms with Crippen LogP contribution in [-0.4, -0.2) is 62.4 Å². The third kappa shape index (κ3) is 4.81. The molecular formula is C13H23N3O2+2. The molecule has 0 saturated heterocycles. The number of quaternary nitrogens is 2. The molecule has 100 valence electrons. The number of aromatic nitrogens is 1. The van der Waals surface area contributed by atoms with E-state index in [1.165, 1.54) is 0 Å². The van der Waals surface area contributed by atoms with Crippen LogP contribution in [-0.2, 0) is 11.4 Å². The summed E-state index contributed by atoms with van der Waals surface area (Å²) < 4.78 is 0.846. The molecule has 0 fully saturated rings. The van der Waals surface area contributed by atoms with E-state index >= 15 is 0 Å². The van der Waals surface area contributed by atoms with Gasteiger partial charge in [-0.1, -0.05) is 0 Å². The molecule has 0 bridgehead atoms. The second-order valence-electron chi connectivity index (χ2n) is 6.21. The van der Waals surface area contributed by atoms with Crippen LogP contribution in [0, 0.1) is 0 Å². The van der Waals surface area contributed by atoms with Crippen LogP contribution in [0.5, 0.6) is 0 Å².